The van der Waals surface area contributed by atoms with Crippen LogP contribution in [0.25, 0.3) is 11.1 Å². The van der Waals surface area contributed by atoms with E-state index in [2.05, 4.69) is 89.2 Å². The van der Waals surface area contributed by atoms with Gasteiger partial charge in [-0.3, -0.25) is 0 Å². The molecule has 0 amide bonds. The van der Waals surface area contributed by atoms with Gasteiger partial charge in [-0.2, -0.15) is 0 Å². The van der Waals surface area contributed by atoms with Gasteiger partial charge in [0.25, 0.3) is 0 Å². The largest absolute Gasteiger partial charge is 0.393 e. The highest BCUT2D eigenvalue weighted by Crippen LogP contribution is 2.67. The normalized spacial score (nSPS) is 35.5. The smallest absolute Gasteiger partial charge is 0.0577 e. The van der Waals surface area contributed by atoms with Crippen LogP contribution in [-0.4, -0.2) is 11.2 Å². The van der Waals surface area contributed by atoms with E-state index in [4.69, 9.17) is 0 Å². The van der Waals surface area contributed by atoms with Gasteiger partial charge in [0.15, 0.2) is 0 Å². The van der Waals surface area contributed by atoms with Gasteiger partial charge in [-0.05, 0) is 109 Å². The maximum atomic E-state index is 10.2. The molecule has 1 heteroatoms. The number of aliphatic hydroxyl groups excluding tert-OH is 1. The first-order valence-electron chi connectivity index (χ1n) is 16.7. The van der Waals surface area contributed by atoms with Crippen molar-refractivity contribution in [3.05, 3.63) is 72.3 Å². The molecule has 0 saturated heterocycles. The Morgan fingerprint density at radius 3 is 2.05 bits per heavy atom. The van der Waals surface area contributed by atoms with Crippen LogP contribution in [0.4, 0.5) is 0 Å². The fourth-order valence-corrected chi connectivity index (χ4v) is 9.93. The Labute approximate surface area is 245 Å². The lowest BCUT2D eigenvalue weighted by Crippen LogP contribution is -2.50. The number of hydrogen-bond donors (Lipinski definition) is 1. The van der Waals surface area contributed by atoms with Crippen molar-refractivity contribution in [2.75, 3.05) is 0 Å². The molecule has 1 N–H and O–H groups in total. The Hall–Kier alpha value is -1.86. The number of aliphatic hydroxyl groups is 1. The van der Waals surface area contributed by atoms with E-state index in [1.807, 2.05) is 12.1 Å². The van der Waals surface area contributed by atoms with Gasteiger partial charge in [-0.1, -0.05) is 126 Å². The number of allylic oxidation sites excluding steroid dienone is 1. The Morgan fingerprint density at radius 1 is 0.775 bits per heavy atom. The average Bonchev–Trinajstić information content (AvgIpc) is 3.32. The fraction of sp³-hybridized carbons (Fsp3) is 0.641. The van der Waals surface area contributed by atoms with Crippen molar-refractivity contribution in [3.63, 3.8) is 0 Å². The van der Waals surface area contributed by atoms with Crippen LogP contribution in [0.1, 0.15) is 105 Å². The Bertz CT molecular complexity index is 1060. The molecule has 0 unspecified atom stereocenters. The summed E-state index contributed by atoms with van der Waals surface area (Å²) in [4.78, 5) is 0. The summed E-state index contributed by atoms with van der Waals surface area (Å²) in [5.74, 6) is 5.46. The van der Waals surface area contributed by atoms with E-state index >= 15 is 0 Å². The van der Waals surface area contributed by atoms with Gasteiger partial charge < -0.3 is 5.11 Å². The second kappa shape index (κ2) is 12.6. The lowest BCUT2D eigenvalue weighted by Gasteiger charge is -2.58. The van der Waals surface area contributed by atoms with Gasteiger partial charge in [-0.25, -0.2) is 0 Å². The highest BCUT2D eigenvalue weighted by atomic mass is 16.3. The Morgan fingerprint density at radius 2 is 1.43 bits per heavy atom. The fourth-order valence-electron chi connectivity index (χ4n) is 9.93. The first kappa shape index (κ1) is 29.6. The van der Waals surface area contributed by atoms with E-state index in [9.17, 15) is 5.11 Å². The molecular formula is C39H56O. The predicted octanol–water partition coefficient (Wildman–Crippen LogP) is 10.7. The highest BCUT2D eigenvalue weighted by molar-refractivity contribution is 5.62. The first-order valence-corrected chi connectivity index (χ1v) is 16.7. The summed E-state index contributed by atoms with van der Waals surface area (Å²) in [6.07, 6.45) is 17.2. The molecule has 0 heterocycles. The van der Waals surface area contributed by atoms with Crippen LogP contribution in [0.5, 0.6) is 0 Å². The maximum Gasteiger partial charge on any atom is 0.0577 e. The molecule has 218 valence electrons. The maximum absolute atomic E-state index is 10.2. The van der Waals surface area contributed by atoms with Crippen molar-refractivity contribution >= 4 is 0 Å². The average molecular weight is 541 g/mol. The molecule has 4 aliphatic carbocycles. The van der Waals surface area contributed by atoms with Crippen molar-refractivity contribution in [2.24, 2.45) is 46.3 Å². The molecule has 40 heavy (non-hydrogen) atoms. The molecule has 2 aromatic rings. The molecule has 0 aliphatic heterocycles. The third kappa shape index (κ3) is 6.01. The topological polar surface area (TPSA) is 20.2 Å². The summed E-state index contributed by atoms with van der Waals surface area (Å²) >= 11 is 0. The quantitative estimate of drug-likeness (QED) is 0.361. The lowest BCUT2D eigenvalue weighted by atomic mass is 9.47. The molecule has 0 radical (unpaired) electrons. The summed E-state index contributed by atoms with van der Waals surface area (Å²) < 4.78 is 0. The van der Waals surface area contributed by atoms with Gasteiger partial charge in [0, 0.05) is 0 Å². The van der Waals surface area contributed by atoms with Crippen LogP contribution in [0.15, 0.2) is 72.3 Å². The summed E-state index contributed by atoms with van der Waals surface area (Å²) in [5.41, 5.74) is 5.16. The lowest BCUT2D eigenvalue weighted by molar-refractivity contribution is -0.0573. The molecular weight excluding hydrogens is 484 g/mol. The minimum absolute atomic E-state index is 0.0766. The van der Waals surface area contributed by atoms with Crippen LogP contribution in [0.3, 0.4) is 0 Å². The monoisotopic (exact) mass is 540 g/mol. The van der Waals surface area contributed by atoms with Gasteiger partial charge in [0.2, 0.25) is 0 Å². The van der Waals surface area contributed by atoms with Crippen LogP contribution in [0.2, 0.25) is 0 Å². The molecule has 1 nitrogen and oxygen atoms in total. The van der Waals surface area contributed by atoms with E-state index in [1.54, 1.807) is 5.57 Å². The molecule has 0 bridgehead atoms. The number of rotatable bonds is 6. The predicted molar refractivity (Wildman–Crippen MR) is 171 cm³/mol. The summed E-state index contributed by atoms with van der Waals surface area (Å²) in [6.45, 7) is 12.6. The number of fused-ring (bicyclic) bond motifs is 5. The van der Waals surface area contributed by atoms with E-state index in [-0.39, 0.29) is 6.10 Å². The zero-order chi connectivity index (χ0) is 28.3. The Kier molecular flexibility index (Phi) is 9.30. The molecule has 0 aromatic heterocycles. The van der Waals surface area contributed by atoms with Gasteiger partial charge in [0.1, 0.15) is 0 Å². The molecule has 3 fully saturated rings. The van der Waals surface area contributed by atoms with E-state index in [0.717, 1.165) is 48.3 Å². The molecule has 3 saturated carbocycles. The van der Waals surface area contributed by atoms with Crippen molar-refractivity contribution in [1.29, 1.82) is 0 Å². The van der Waals surface area contributed by atoms with Crippen LogP contribution in [-0.2, 0) is 0 Å². The SMILES string of the molecule is CC(C)CCC[C@@H](C)[C@H]1CC[C@H]2[C@@H]3CC=C4C[C@@H](O)CC[C@]4(C)[C@H]3CC[C@]12C.c1ccc(-c2ccccc2)cc1. The third-order valence-corrected chi connectivity index (χ3v) is 12.2. The summed E-state index contributed by atoms with van der Waals surface area (Å²) in [7, 11) is 0. The minimum Gasteiger partial charge on any atom is -0.393 e. The number of benzene rings is 2. The van der Waals surface area contributed by atoms with Gasteiger partial charge in [-0.15, -0.1) is 0 Å². The minimum atomic E-state index is -0.0766. The molecule has 6 rings (SSSR count). The summed E-state index contributed by atoms with van der Waals surface area (Å²) in [6, 6.07) is 20.8. The third-order valence-electron chi connectivity index (χ3n) is 12.2. The highest BCUT2D eigenvalue weighted by Gasteiger charge is 2.59. The van der Waals surface area contributed by atoms with Crippen LogP contribution >= 0.6 is 0 Å². The molecule has 8 atom stereocenters. The van der Waals surface area contributed by atoms with E-state index in [0.29, 0.717) is 10.8 Å². The van der Waals surface area contributed by atoms with Crippen molar-refractivity contribution < 1.29 is 5.11 Å². The van der Waals surface area contributed by atoms with Crippen LogP contribution in [0, 0.1) is 46.3 Å². The Balaban J connectivity index is 0.000000223. The zero-order valence-corrected chi connectivity index (χ0v) is 26.1. The van der Waals surface area contributed by atoms with E-state index in [1.165, 1.54) is 68.9 Å². The summed E-state index contributed by atoms with van der Waals surface area (Å²) in [5, 5.41) is 10.2. The zero-order valence-electron chi connectivity index (χ0n) is 26.1. The van der Waals surface area contributed by atoms with Gasteiger partial charge in [0.05, 0.1) is 6.10 Å². The molecule has 2 aromatic carbocycles. The van der Waals surface area contributed by atoms with Gasteiger partial charge >= 0.3 is 0 Å². The second-order valence-corrected chi connectivity index (χ2v) is 14.9. The van der Waals surface area contributed by atoms with E-state index < -0.39 is 0 Å². The molecule has 0 spiro atoms. The van der Waals surface area contributed by atoms with Crippen molar-refractivity contribution in [2.45, 2.75) is 111 Å². The van der Waals surface area contributed by atoms with Crippen molar-refractivity contribution in [1.82, 2.24) is 0 Å². The number of hydrogen-bond acceptors (Lipinski definition) is 1. The van der Waals surface area contributed by atoms with Crippen LogP contribution < -0.4 is 0 Å². The van der Waals surface area contributed by atoms with Crippen molar-refractivity contribution in [3.8, 4) is 11.1 Å². The standard InChI is InChI=1S/C27H46O.C12H10/c1-18(2)7-6-8-19(3)23-11-12-24-22-10-9-20-17-21(28)13-15-26(20,4)25(22)14-16-27(23,24)5;1-3-7-11(8-4-1)12-9-5-2-6-10-12/h9,18-19,21-25,28H,6-8,10-17H2,1-5H3;1-10H/t19-,21+,22+,23-,24+,25+,26+,27-;/m1./s1. The second-order valence-electron chi connectivity index (χ2n) is 14.9. The first-order chi connectivity index (χ1) is 19.2. The molecule has 4 aliphatic rings.